The molecule has 1 aromatic carbocycles. The Kier molecular flexibility index (Phi) is 4.96. The average molecular weight is 427 g/mol. The van der Waals surface area contributed by atoms with Crippen molar-refractivity contribution < 1.29 is 13.2 Å². The summed E-state index contributed by atoms with van der Waals surface area (Å²) in [4.78, 5) is 0.312. The number of sulfonamides is 1. The number of hydrogen-bond donors (Lipinski definition) is 0. The van der Waals surface area contributed by atoms with Gasteiger partial charge in [-0.25, -0.2) is 8.42 Å². The Balaban J connectivity index is 2.31. The van der Waals surface area contributed by atoms with Gasteiger partial charge in [0.25, 0.3) is 0 Å². The van der Waals surface area contributed by atoms with Crippen LogP contribution in [0.4, 0.5) is 0 Å². The molecule has 2 rings (SSSR count). The Hall–Kier alpha value is 0.0500. The van der Waals surface area contributed by atoms with Gasteiger partial charge < -0.3 is 4.74 Å². The molecular weight excluding hydrogens is 410 g/mol. The second kappa shape index (κ2) is 6.04. The molecule has 0 N–H and O–H groups in total. The standard InChI is InChI=1S/C13H17Br2NO3S/c1-13(2)9-16(8-11(7-14)19-13)20(17,18)12-5-3-10(15)4-6-12/h3-6,11H,7-9H2,1-2H3. The van der Waals surface area contributed by atoms with Gasteiger partial charge >= 0.3 is 0 Å². The molecule has 1 aliphatic rings. The first-order valence-corrected chi connectivity index (χ1v) is 9.59. The van der Waals surface area contributed by atoms with Crippen LogP contribution in [-0.4, -0.2) is 42.8 Å². The maximum Gasteiger partial charge on any atom is 0.243 e. The molecule has 1 atom stereocenters. The fourth-order valence-electron chi connectivity index (χ4n) is 2.26. The fourth-order valence-corrected chi connectivity index (χ4v) is 4.48. The number of halogens is 2. The highest BCUT2D eigenvalue weighted by Gasteiger charge is 2.38. The van der Waals surface area contributed by atoms with Gasteiger partial charge in [-0.2, -0.15) is 4.31 Å². The van der Waals surface area contributed by atoms with Crippen molar-refractivity contribution in [2.24, 2.45) is 0 Å². The number of ether oxygens (including phenoxy) is 1. The van der Waals surface area contributed by atoms with Crippen LogP contribution < -0.4 is 0 Å². The Morgan fingerprint density at radius 2 is 1.95 bits per heavy atom. The van der Waals surface area contributed by atoms with Gasteiger partial charge in [0.05, 0.1) is 16.6 Å². The smallest absolute Gasteiger partial charge is 0.243 e. The summed E-state index contributed by atoms with van der Waals surface area (Å²) >= 11 is 6.68. The average Bonchev–Trinajstić information content (AvgIpc) is 2.37. The molecule has 0 bridgehead atoms. The predicted octanol–water partition coefficient (Wildman–Crippen LogP) is 3.01. The van der Waals surface area contributed by atoms with Crippen LogP contribution in [0.1, 0.15) is 13.8 Å². The van der Waals surface area contributed by atoms with Crippen LogP contribution in [0.2, 0.25) is 0 Å². The molecule has 1 aromatic rings. The van der Waals surface area contributed by atoms with Crippen LogP contribution in [-0.2, 0) is 14.8 Å². The first-order valence-electron chi connectivity index (χ1n) is 6.24. The van der Waals surface area contributed by atoms with E-state index in [2.05, 4.69) is 31.9 Å². The van der Waals surface area contributed by atoms with Crippen molar-refractivity contribution in [3.8, 4) is 0 Å². The minimum atomic E-state index is -3.48. The Bertz CT molecular complexity index is 572. The molecular formula is C13H17Br2NO3S. The lowest BCUT2D eigenvalue weighted by Crippen LogP contribution is -2.54. The summed E-state index contributed by atoms with van der Waals surface area (Å²) in [6.45, 7) is 4.54. The van der Waals surface area contributed by atoms with Crippen LogP contribution in [0.3, 0.4) is 0 Å². The molecule has 1 saturated heterocycles. The minimum absolute atomic E-state index is 0.135. The zero-order chi connectivity index (χ0) is 15.0. The lowest BCUT2D eigenvalue weighted by atomic mass is 10.1. The van der Waals surface area contributed by atoms with Crippen molar-refractivity contribution in [1.82, 2.24) is 4.31 Å². The van der Waals surface area contributed by atoms with Crippen LogP contribution in [0.25, 0.3) is 0 Å². The van der Waals surface area contributed by atoms with Crippen LogP contribution >= 0.6 is 31.9 Å². The molecule has 1 unspecified atom stereocenters. The molecule has 0 saturated carbocycles. The van der Waals surface area contributed by atoms with Crippen molar-refractivity contribution in [2.75, 3.05) is 18.4 Å². The van der Waals surface area contributed by atoms with Crippen molar-refractivity contribution in [2.45, 2.75) is 30.4 Å². The number of benzene rings is 1. The van der Waals surface area contributed by atoms with Crippen LogP contribution in [0, 0.1) is 0 Å². The topological polar surface area (TPSA) is 46.6 Å². The predicted molar refractivity (Wildman–Crippen MR) is 85.6 cm³/mol. The summed E-state index contributed by atoms with van der Waals surface area (Å²) in [5, 5.41) is 0.614. The van der Waals surface area contributed by atoms with E-state index in [9.17, 15) is 8.42 Å². The molecule has 1 heterocycles. The van der Waals surface area contributed by atoms with Gasteiger partial charge in [0.1, 0.15) is 0 Å². The Morgan fingerprint density at radius 1 is 1.35 bits per heavy atom. The highest BCUT2D eigenvalue weighted by molar-refractivity contribution is 9.10. The number of hydrogen-bond acceptors (Lipinski definition) is 3. The number of nitrogens with zero attached hydrogens (tertiary/aromatic N) is 1. The Labute approximate surface area is 136 Å². The van der Waals surface area contributed by atoms with Gasteiger partial charge in [-0.05, 0) is 38.1 Å². The molecule has 112 valence electrons. The second-order valence-corrected chi connectivity index (χ2v) is 8.91. The third-order valence-electron chi connectivity index (χ3n) is 3.07. The van der Waals surface area contributed by atoms with E-state index in [1.54, 1.807) is 24.3 Å². The minimum Gasteiger partial charge on any atom is -0.369 e. The lowest BCUT2D eigenvalue weighted by molar-refractivity contribution is -0.106. The maximum atomic E-state index is 12.7. The van der Waals surface area contributed by atoms with E-state index in [-0.39, 0.29) is 6.10 Å². The third-order valence-corrected chi connectivity index (χ3v) is 6.15. The molecule has 0 aromatic heterocycles. The van der Waals surface area contributed by atoms with Crippen molar-refractivity contribution in [3.63, 3.8) is 0 Å². The van der Waals surface area contributed by atoms with Gasteiger partial charge in [-0.15, -0.1) is 0 Å². The molecule has 1 fully saturated rings. The quantitative estimate of drug-likeness (QED) is 0.698. The monoisotopic (exact) mass is 425 g/mol. The van der Waals surface area contributed by atoms with Crippen LogP contribution in [0.5, 0.6) is 0 Å². The third kappa shape index (κ3) is 3.62. The first-order chi connectivity index (χ1) is 9.24. The highest BCUT2D eigenvalue weighted by atomic mass is 79.9. The summed E-state index contributed by atoms with van der Waals surface area (Å²) < 4.78 is 33.6. The summed E-state index contributed by atoms with van der Waals surface area (Å²) in [7, 11) is -3.48. The molecule has 0 radical (unpaired) electrons. The van der Waals surface area contributed by atoms with Gasteiger partial charge in [-0.1, -0.05) is 31.9 Å². The molecule has 20 heavy (non-hydrogen) atoms. The normalized spacial score (nSPS) is 23.7. The number of morpholine rings is 1. The molecule has 0 aliphatic carbocycles. The van der Waals surface area contributed by atoms with E-state index in [1.165, 1.54) is 4.31 Å². The van der Waals surface area contributed by atoms with Gasteiger partial charge in [0, 0.05) is 22.9 Å². The molecule has 0 amide bonds. The van der Waals surface area contributed by atoms with Crippen molar-refractivity contribution >= 4 is 41.9 Å². The first kappa shape index (κ1) is 16.4. The lowest BCUT2D eigenvalue weighted by Gasteiger charge is -2.41. The molecule has 4 nitrogen and oxygen atoms in total. The van der Waals surface area contributed by atoms with E-state index in [0.29, 0.717) is 23.3 Å². The summed E-state index contributed by atoms with van der Waals surface area (Å²) in [6.07, 6.45) is -0.135. The van der Waals surface area contributed by atoms with Crippen LogP contribution in [0.15, 0.2) is 33.6 Å². The number of alkyl halides is 1. The SMILES string of the molecule is CC1(C)CN(S(=O)(=O)c2ccc(Br)cc2)CC(CBr)O1. The Morgan fingerprint density at radius 3 is 2.50 bits per heavy atom. The van der Waals surface area contributed by atoms with E-state index < -0.39 is 15.6 Å². The zero-order valence-electron chi connectivity index (χ0n) is 11.3. The largest absolute Gasteiger partial charge is 0.369 e. The van der Waals surface area contributed by atoms with E-state index in [0.717, 1.165) is 4.47 Å². The molecule has 1 aliphatic heterocycles. The van der Waals surface area contributed by atoms with Crippen molar-refractivity contribution in [3.05, 3.63) is 28.7 Å². The van der Waals surface area contributed by atoms with Crippen molar-refractivity contribution in [1.29, 1.82) is 0 Å². The fraction of sp³-hybridized carbons (Fsp3) is 0.538. The van der Waals surface area contributed by atoms with E-state index >= 15 is 0 Å². The zero-order valence-corrected chi connectivity index (χ0v) is 15.3. The van der Waals surface area contributed by atoms with Gasteiger partial charge in [0.2, 0.25) is 10.0 Å². The van der Waals surface area contributed by atoms with E-state index in [1.807, 2.05) is 13.8 Å². The molecule has 0 spiro atoms. The maximum absolute atomic E-state index is 12.7. The number of rotatable bonds is 3. The summed E-state index contributed by atoms with van der Waals surface area (Å²) in [5.74, 6) is 0. The highest BCUT2D eigenvalue weighted by Crippen LogP contribution is 2.27. The van der Waals surface area contributed by atoms with E-state index in [4.69, 9.17) is 4.74 Å². The second-order valence-electron chi connectivity index (χ2n) is 5.41. The summed E-state index contributed by atoms with van der Waals surface area (Å²) in [6, 6.07) is 6.71. The molecule has 7 heteroatoms. The van der Waals surface area contributed by atoms with Gasteiger partial charge in [-0.3, -0.25) is 0 Å². The summed E-state index contributed by atoms with van der Waals surface area (Å²) in [5.41, 5.74) is -0.487. The van der Waals surface area contributed by atoms with Gasteiger partial charge in [0.15, 0.2) is 0 Å².